The molecule has 21 heavy (non-hydrogen) atoms. The zero-order valence-electron chi connectivity index (χ0n) is 12.2. The second-order valence-electron chi connectivity index (χ2n) is 4.62. The first-order valence-corrected chi connectivity index (χ1v) is 6.82. The summed E-state index contributed by atoms with van der Waals surface area (Å²) in [7, 11) is 1.56. The van der Waals surface area contributed by atoms with E-state index >= 15 is 0 Å². The lowest BCUT2D eigenvalue weighted by Crippen LogP contribution is -2.30. The molecule has 0 radical (unpaired) electrons. The smallest absolute Gasteiger partial charge is 0.182 e. The minimum absolute atomic E-state index is 0.0704. The maximum absolute atomic E-state index is 13.8. The molecular formula is C17H18FNO2. The predicted molar refractivity (Wildman–Crippen MR) is 81.6 cm³/mol. The van der Waals surface area contributed by atoms with Crippen molar-refractivity contribution in [3.05, 3.63) is 59.9 Å². The van der Waals surface area contributed by atoms with Gasteiger partial charge in [-0.15, -0.1) is 0 Å². The van der Waals surface area contributed by atoms with E-state index in [1.807, 2.05) is 6.92 Å². The Bertz CT molecular complexity index is 628. The molecule has 110 valence electrons. The fraction of sp³-hybridized carbons (Fsp3) is 0.235. The average Bonchev–Trinajstić information content (AvgIpc) is 2.53. The van der Waals surface area contributed by atoms with Crippen molar-refractivity contribution in [3.63, 3.8) is 0 Å². The number of nitrogens with zero attached hydrogens (tertiary/aromatic N) is 1. The summed E-state index contributed by atoms with van der Waals surface area (Å²) in [6.07, 6.45) is 0. The molecule has 0 fully saturated rings. The highest BCUT2D eigenvalue weighted by molar-refractivity contribution is 5.99. The van der Waals surface area contributed by atoms with Crippen LogP contribution >= 0.6 is 0 Å². The molecule has 3 nitrogen and oxygen atoms in total. The minimum Gasteiger partial charge on any atom is -0.497 e. The van der Waals surface area contributed by atoms with Gasteiger partial charge >= 0.3 is 0 Å². The van der Waals surface area contributed by atoms with E-state index in [-0.39, 0.29) is 18.1 Å². The van der Waals surface area contributed by atoms with E-state index < -0.39 is 0 Å². The molecule has 0 aliphatic heterocycles. The van der Waals surface area contributed by atoms with Gasteiger partial charge < -0.3 is 9.64 Å². The molecule has 0 saturated carbocycles. The molecule has 0 saturated heterocycles. The van der Waals surface area contributed by atoms with Crippen LogP contribution in [0.15, 0.2) is 48.5 Å². The Morgan fingerprint density at radius 2 is 1.95 bits per heavy atom. The number of carbonyl (C=O) groups is 1. The van der Waals surface area contributed by atoms with E-state index in [1.54, 1.807) is 54.5 Å². The molecule has 0 aromatic heterocycles. The van der Waals surface area contributed by atoms with Gasteiger partial charge in [-0.3, -0.25) is 4.79 Å². The van der Waals surface area contributed by atoms with Crippen molar-refractivity contribution in [2.45, 2.75) is 6.92 Å². The molecule has 0 aliphatic rings. The third-order valence-electron chi connectivity index (χ3n) is 3.30. The summed E-state index contributed by atoms with van der Waals surface area (Å²) in [6, 6.07) is 13.5. The summed E-state index contributed by atoms with van der Waals surface area (Å²) in [6.45, 7) is 2.58. The van der Waals surface area contributed by atoms with Gasteiger partial charge in [-0.05, 0) is 31.2 Å². The van der Waals surface area contributed by atoms with Crippen molar-refractivity contribution in [2.75, 3.05) is 25.1 Å². The molecular weight excluding hydrogens is 269 g/mol. The van der Waals surface area contributed by atoms with Crippen LogP contribution in [0.25, 0.3) is 0 Å². The van der Waals surface area contributed by atoms with Gasteiger partial charge in [0.1, 0.15) is 11.6 Å². The standard InChI is InChI=1S/C17H18FNO2/c1-3-19(16-10-5-4-9-15(16)18)12-17(20)13-7-6-8-14(11-13)21-2/h4-11H,3,12H2,1-2H3. The Morgan fingerprint density at radius 3 is 2.62 bits per heavy atom. The summed E-state index contributed by atoms with van der Waals surface area (Å²) in [5.74, 6) is 0.242. The molecule has 0 bridgehead atoms. The van der Waals surface area contributed by atoms with Crippen molar-refractivity contribution < 1.29 is 13.9 Å². The zero-order chi connectivity index (χ0) is 15.2. The maximum atomic E-state index is 13.8. The molecule has 0 unspecified atom stereocenters. The quantitative estimate of drug-likeness (QED) is 0.761. The monoisotopic (exact) mass is 287 g/mol. The minimum atomic E-state index is -0.321. The van der Waals surface area contributed by atoms with Crippen LogP contribution in [0.5, 0.6) is 5.75 Å². The van der Waals surface area contributed by atoms with Crippen LogP contribution in [0.4, 0.5) is 10.1 Å². The average molecular weight is 287 g/mol. The van der Waals surface area contributed by atoms with E-state index in [0.717, 1.165) is 0 Å². The maximum Gasteiger partial charge on any atom is 0.182 e. The lowest BCUT2D eigenvalue weighted by Gasteiger charge is -2.22. The van der Waals surface area contributed by atoms with Crippen LogP contribution in [0.1, 0.15) is 17.3 Å². The Hall–Kier alpha value is -2.36. The van der Waals surface area contributed by atoms with Gasteiger partial charge in [0, 0.05) is 12.1 Å². The van der Waals surface area contributed by atoms with Gasteiger partial charge in [-0.2, -0.15) is 0 Å². The molecule has 0 aliphatic carbocycles. The predicted octanol–water partition coefficient (Wildman–Crippen LogP) is 3.54. The van der Waals surface area contributed by atoms with Crippen molar-refractivity contribution in [3.8, 4) is 5.75 Å². The lowest BCUT2D eigenvalue weighted by atomic mass is 10.1. The molecule has 0 heterocycles. The fourth-order valence-electron chi connectivity index (χ4n) is 2.14. The van der Waals surface area contributed by atoms with Crippen LogP contribution in [0, 0.1) is 5.82 Å². The molecule has 0 N–H and O–H groups in total. The first-order chi connectivity index (χ1) is 10.2. The van der Waals surface area contributed by atoms with E-state index in [1.165, 1.54) is 6.07 Å². The molecule has 4 heteroatoms. The number of benzene rings is 2. The Balaban J connectivity index is 2.18. The third-order valence-corrected chi connectivity index (χ3v) is 3.30. The number of rotatable bonds is 6. The van der Waals surface area contributed by atoms with Crippen LogP contribution in [0.3, 0.4) is 0 Å². The SMILES string of the molecule is CCN(CC(=O)c1cccc(OC)c1)c1ccccc1F. The summed E-state index contributed by atoms with van der Waals surface area (Å²) >= 11 is 0. The van der Waals surface area contributed by atoms with E-state index in [9.17, 15) is 9.18 Å². The first kappa shape index (κ1) is 15.0. The highest BCUT2D eigenvalue weighted by Gasteiger charge is 2.15. The van der Waals surface area contributed by atoms with Gasteiger partial charge in [0.2, 0.25) is 0 Å². The third kappa shape index (κ3) is 3.60. The highest BCUT2D eigenvalue weighted by atomic mass is 19.1. The topological polar surface area (TPSA) is 29.5 Å². The molecule has 0 atom stereocenters. The number of carbonyl (C=O) groups excluding carboxylic acids is 1. The molecule has 2 aromatic carbocycles. The van der Waals surface area contributed by atoms with E-state index in [2.05, 4.69) is 0 Å². The van der Waals surface area contributed by atoms with Crippen molar-refractivity contribution >= 4 is 11.5 Å². The number of para-hydroxylation sites is 1. The van der Waals surface area contributed by atoms with Gasteiger partial charge in [0.25, 0.3) is 0 Å². The molecule has 2 aromatic rings. The van der Waals surface area contributed by atoms with Crippen molar-refractivity contribution in [1.29, 1.82) is 0 Å². The van der Waals surface area contributed by atoms with E-state index in [4.69, 9.17) is 4.74 Å². The number of hydrogen-bond donors (Lipinski definition) is 0. The summed E-state index contributed by atoms with van der Waals surface area (Å²) in [4.78, 5) is 14.1. The Morgan fingerprint density at radius 1 is 1.19 bits per heavy atom. The fourth-order valence-corrected chi connectivity index (χ4v) is 2.14. The van der Waals surface area contributed by atoms with Gasteiger partial charge in [0.05, 0.1) is 19.3 Å². The van der Waals surface area contributed by atoms with Gasteiger partial charge in [-0.25, -0.2) is 4.39 Å². The summed E-state index contributed by atoms with van der Waals surface area (Å²) in [5, 5.41) is 0. The molecule has 0 spiro atoms. The molecule has 2 rings (SSSR count). The van der Waals surface area contributed by atoms with Crippen LogP contribution in [-0.2, 0) is 0 Å². The second-order valence-corrected chi connectivity index (χ2v) is 4.62. The number of hydrogen-bond acceptors (Lipinski definition) is 3. The van der Waals surface area contributed by atoms with Gasteiger partial charge in [-0.1, -0.05) is 24.3 Å². The van der Waals surface area contributed by atoms with Crippen molar-refractivity contribution in [2.24, 2.45) is 0 Å². The highest BCUT2D eigenvalue weighted by Crippen LogP contribution is 2.19. The summed E-state index contributed by atoms with van der Waals surface area (Å²) in [5.41, 5.74) is 1.00. The first-order valence-electron chi connectivity index (χ1n) is 6.82. The largest absolute Gasteiger partial charge is 0.497 e. The van der Waals surface area contributed by atoms with E-state index in [0.29, 0.717) is 23.5 Å². The van der Waals surface area contributed by atoms with Crippen LogP contribution < -0.4 is 9.64 Å². The number of halogens is 1. The Kier molecular flexibility index (Phi) is 4.93. The van der Waals surface area contributed by atoms with Crippen molar-refractivity contribution in [1.82, 2.24) is 0 Å². The number of anilines is 1. The number of ketones is 1. The van der Waals surface area contributed by atoms with Crippen LogP contribution in [0.2, 0.25) is 0 Å². The second kappa shape index (κ2) is 6.88. The van der Waals surface area contributed by atoms with Crippen LogP contribution in [-0.4, -0.2) is 26.0 Å². The number of ether oxygens (including phenoxy) is 1. The van der Waals surface area contributed by atoms with Gasteiger partial charge in [0.15, 0.2) is 5.78 Å². The summed E-state index contributed by atoms with van der Waals surface area (Å²) < 4.78 is 18.9. The molecule has 0 amide bonds. The number of methoxy groups -OCH3 is 1. The zero-order valence-corrected chi connectivity index (χ0v) is 12.2. The normalized spacial score (nSPS) is 10.2. The lowest BCUT2D eigenvalue weighted by molar-refractivity contribution is 0.0999. The Labute approximate surface area is 124 Å². The number of likely N-dealkylation sites (N-methyl/N-ethyl adjacent to an activating group) is 1. The number of Topliss-reactive ketones (excluding diaryl/α,β-unsaturated/α-hetero) is 1.